The molecule has 0 spiro atoms. The van der Waals surface area contributed by atoms with E-state index in [0.29, 0.717) is 17.8 Å². The topological polar surface area (TPSA) is 67.2 Å². The van der Waals surface area contributed by atoms with Crippen molar-refractivity contribution in [3.63, 3.8) is 0 Å². The Morgan fingerprint density at radius 3 is 2.83 bits per heavy atom. The third-order valence-corrected chi connectivity index (χ3v) is 2.57. The summed E-state index contributed by atoms with van der Waals surface area (Å²) in [6.45, 7) is 8.24. The Kier molecular flexibility index (Phi) is 5.24. The summed E-state index contributed by atoms with van der Waals surface area (Å²) < 4.78 is 0. The summed E-state index contributed by atoms with van der Waals surface area (Å²) in [6, 6.07) is 5.55. The molecule has 1 atom stereocenters. The summed E-state index contributed by atoms with van der Waals surface area (Å²) in [4.78, 5) is 11.6. The molecule has 4 heteroatoms. The highest BCUT2D eigenvalue weighted by Crippen LogP contribution is 2.21. The van der Waals surface area contributed by atoms with E-state index < -0.39 is 0 Å². The molecule has 1 amide bonds. The fraction of sp³-hybridized carbons (Fsp3) is 0.357. The summed E-state index contributed by atoms with van der Waals surface area (Å²) >= 11 is 0. The molecule has 4 N–H and O–H groups in total. The molecule has 0 heterocycles. The van der Waals surface area contributed by atoms with E-state index in [2.05, 4.69) is 24.1 Å². The number of rotatable bonds is 6. The highest BCUT2D eigenvalue weighted by atomic mass is 16.1. The van der Waals surface area contributed by atoms with Crippen molar-refractivity contribution in [2.45, 2.75) is 26.3 Å². The summed E-state index contributed by atoms with van der Waals surface area (Å²) in [7, 11) is 0. The molecular weight excluding hydrogens is 226 g/mol. The van der Waals surface area contributed by atoms with Crippen LogP contribution in [0.2, 0.25) is 0 Å². The van der Waals surface area contributed by atoms with E-state index >= 15 is 0 Å². The van der Waals surface area contributed by atoms with Crippen molar-refractivity contribution in [2.24, 2.45) is 0 Å². The molecule has 1 unspecified atom stereocenters. The third-order valence-electron chi connectivity index (χ3n) is 2.57. The lowest BCUT2D eigenvalue weighted by molar-refractivity contribution is 0.0956. The minimum Gasteiger partial charge on any atom is -0.397 e. The second-order valence-corrected chi connectivity index (χ2v) is 4.23. The van der Waals surface area contributed by atoms with E-state index in [0.717, 1.165) is 12.1 Å². The van der Waals surface area contributed by atoms with Crippen LogP contribution in [0, 0.1) is 0 Å². The zero-order valence-corrected chi connectivity index (χ0v) is 11.0. The van der Waals surface area contributed by atoms with Crippen LogP contribution in [-0.2, 0) is 0 Å². The number of nitrogens with one attached hydrogen (secondary N) is 2. The van der Waals surface area contributed by atoms with Gasteiger partial charge in [-0.15, -0.1) is 6.58 Å². The van der Waals surface area contributed by atoms with Crippen molar-refractivity contribution in [1.82, 2.24) is 5.32 Å². The minimum absolute atomic E-state index is 0.102. The van der Waals surface area contributed by atoms with Gasteiger partial charge in [0, 0.05) is 18.2 Å². The first-order valence-corrected chi connectivity index (χ1v) is 6.13. The van der Waals surface area contributed by atoms with E-state index in [9.17, 15) is 4.79 Å². The largest absolute Gasteiger partial charge is 0.397 e. The van der Waals surface area contributed by atoms with Gasteiger partial charge in [0.25, 0.3) is 5.91 Å². The number of hydrogen-bond donors (Lipinski definition) is 3. The smallest absolute Gasteiger partial charge is 0.251 e. The van der Waals surface area contributed by atoms with E-state index in [-0.39, 0.29) is 11.9 Å². The minimum atomic E-state index is -0.102. The fourth-order valence-corrected chi connectivity index (χ4v) is 1.67. The van der Waals surface area contributed by atoms with Crippen molar-refractivity contribution >= 4 is 17.3 Å². The Morgan fingerprint density at radius 1 is 1.56 bits per heavy atom. The molecule has 0 saturated heterocycles. The Balaban J connectivity index is 2.79. The van der Waals surface area contributed by atoms with Crippen molar-refractivity contribution in [3.05, 3.63) is 36.4 Å². The monoisotopic (exact) mass is 247 g/mol. The van der Waals surface area contributed by atoms with Gasteiger partial charge < -0.3 is 16.4 Å². The summed E-state index contributed by atoms with van der Waals surface area (Å²) in [6.07, 6.45) is 2.72. The van der Waals surface area contributed by atoms with E-state index in [1.165, 1.54) is 0 Å². The molecule has 0 aromatic heterocycles. The Morgan fingerprint density at radius 2 is 2.28 bits per heavy atom. The summed E-state index contributed by atoms with van der Waals surface area (Å²) in [5.41, 5.74) is 7.93. The Hall–Kier alpha value is -1.97. The van der Waals surface area contributed by atoms with Crippen molar-refractivity contribution < 1.29 is 4.79 Å². The van der Waals surface area contributed by atoms with Crippen LogP contribution in [0.4, 0.5) is 11.4 Å². The average Bonchev–Trinajstić information content (AvgIpc) is 2.32. The van der Waals surface area contributed by atoms with Gasteiger partial charge in [-0.1, -0.05) is 6.08 Å². The van der Waals surface area contributed by atoms with Crippen LogP contribution in [0.1, 0.15) is 30.6 Å². The second-order valence-electron chi connectivity index (χ2n) is 4.23. The van der Waals surface area contributed by atoms with Gasteiger partial charge in [0.15, 0.2) is 0 Å². The van der Waals surface area contributed by atoms with Crippen molar-refractivity contribution in [2.75, 3.05) is 17.6 Å². The quantitative estimate of drug-likeness (QED) is 0.534. The first kappa shape index (κ1) is 14.1. The number of amides is 1. The molecule has 0 fully saturated rings. The lowest BCUT2D eigenvalue weighted by Crippen LogP contribution is -2.23. The standard InChI is InChI=1S/C14H21N3O/c1-4-6-10(3)17-13-8-7-11(9-12(13)15)14(18)16-5-2/h4,7-10,17H,1,5-6,15H2,2-3H3,(H,16,18). The average molecular weight is 247 g/mol. The molecule has 4 nitrogen and oxygen atoms in total. The van der Waals surface area contributed by atoms with Gasteiger partial charge in [0.1, 0.15) is 0 Å². The summed E-state index contributed by atoms with van der Waals surface area (Å²) in [5.74, 6) is -0.102. The number of nitrogens with two attached hydrogens (primary N) is 1. The zero-order chi connectivity index (χ0) is 13.5. The van der Waals surface area contributed by atoms with Gasteiger partial charge >= 0.3 is 0 Å². The summed E-state index contributed by atoms with van der Waals surface area (Å²) in [5, 5.41) is 6.02. The maximum absolute atomic E-state index is 11.6. The highest BCUT2D eigenvalue weighted by molar-refractivity contribution is 5.96. The molecule has 0 bridgehead atoms. The fourth-order valence-electron chi connectivity index (χ4n) is 1.67. The van der Waals surface area contributed by atoms with Crippen LogP contribution in [0.3, 0.4) is 0 Å². The maximum Gasteiger partial charge on any atom is 0.251 e. The maximum atomic E-state index is 11.6. The van der Waals surface area contributed by atoms with E-state index in [1.54, 1.807) is 12.1 Å². The third kappa shape index (κ3) is 3.80. The number of nitrogen functional groups attached to an aromatic ring is 1. The normalized spacial score (nSPS) is 11.7. The molecule has 1 rings (SSSR count). The zero-order valence-electron chi connectivity index (χ0n) is 11.0. The second kappa shape index (κ2) is 6.69. The van der Waals surface area contributed by atoms with E-state index in [1.807, 2.05) is 19.1 Å². The van der Waals surface area contributed by atoms with Gasteiger partial charge in [0.05, 0.1) is 11.4 Å². The van der Waals surface area contributed by atoms with Crippen LogP contribution in [0.25, 0.3) is 0 Å². The van der Waals surface area contributed by atoms with Gasteiger partial charge in [-0.2, -0.15) is 0 Å². The number of hydrogen-bond acceptors (Lipinski definition) is 3. The first-order chi connectivity index (χ1) is 8.58. The molecule has 1 aromatic rings. The number of benzene rings is 1. The van der Waals surface area contributed by atoms with Crippen LogP contribution in [0.15, 0.2) is 30.9 Å². The molecule has 98 valence electrons. The van der Waals surface area contributed by atoms with Crippen LogP contribution >= 0.6 is 0 Å². The van der Waals surface area contributed by atoms with E-state index in [4.69, 9.17) is 5.73 Å². The lowest BCUT2D eigenvalue weighted by Gasteiger charge is -2.15. The molecule has 0 aliphatic carbocycles. The van der Waals surface area contributed by atoms with Crippen molar-refractivity contribution in [3.8, 4) is 0 Å². The number of carbonyl (C=O) groups is 1. The van der Waals surface area contributed by atoms with Crippen LogP contribution in [0.5, 0.6) is 0 Å². The predicted octanol–water partition coefficient (Wildman–Crippen LogP) is 2.40. The lowest BCUT2D eigenvalue weighted by atomic mass is 10.1. The van der Waals surface area contributed by atoms with Gasteiger partial charge in [-0.05, 0) is 38.5 Å². The first-order valence-electron chi connectivity index (χ1n) is 6.13. The van der Waals surface area contributed by atoms with Crippen LogP contribution in [-0.4, -0.2) is 18.5 Å². The molecule has 0 radical (unpaired) electrons. The highest BCUT2D eigenvalue weighted by Gasteiger charge is 2.08. The SMILES string of the molecule is C=CCC(C)Nc1ccc(C(=O)NCC)cc1N. The van der Waals surface area contributed by atoms with Gasteiger partial charge in [-0.3, -0.25) is 4.79 Å². The molecule has 1 aromatic carbocycles. The van der Waals surface area contributed by atoms with Crippen LogP contribution < -0.4 is 16.4 Å². The molecule has 0 aliphatic rings. The molecule has 18 heavy (non-hydrogen) atoms. The number of carbonyl (C=O) groups excluding carboxylic acids is 1. The van der Waals surface area contributed by atoms with Gasteiger partial charge in [-0.25, -0.2) is 0 Å². The number of anilines is 2. The molecule has 0 saturated carbocycles. The van der Waals surface area contributed by atoms with Crippen molar-refractivity contribution in [1.29, 1.82) is 0 Å². The molecule has 0 aliphatic heterocycles. The Bertz CT molecular complexity index is 429. The molecular formula is C14H21N3O. The Labute approximate surface area is 108 Å². The van der Waals surface area contributed by atoms with Gasteiger partial charge in [0.2, 0.25) is 0 Å². The predicted molar refractivity (Wildman–Crippen MR) is 76.8 cm³/mol.